The maximum atomic E-state index is 13.3. The molecule has 0 unspecified atom stereocenters. The summed E-state index contributed by atoms with van der Waals surface area (Å²) in [7, 11) is 1.50. The Morgan fingerprint density at radius 3 is 2.59 bits per heavy atom. The summed E-state index contributed by atoms with van der Waals surface area (Å²) in [6.07, 6.45) is 1.47. The quantitative estimate of drug-likeness (QED) is 0.476. The van der Waals surface area contributed by atoms with Gasteiger partial charge < -0.3 is 14.2 Å². The van der Waals surface area contributed by atoms with Gasteiger partial charge in [-0.2, -0.15) is 0 Å². The van der Waals surface area contributed by atoms with Gasteiger partial charge in [-0.1, -0.05) is 12.1 Å². The predicted molar refractivity (Wildman–Crippen MR) is 111 cm³/mol. The second-order valence-corrected chi connectivity index (χ2v) is 7.08. The van der Waals surface area contributed by atoms with E-state index in [0.29, 0.717) is 28.5 Å². The molecule has 2 aromatic rings. The third kappa shape index (κ3) is 3.31. The Hall–Kier alpha value is -3.39. The van der Waals surface area contributed by atoms with E-state index in [0.717, 1.165) is 11.1 Å². The van der Waals surface area contributed by atoms with E-state index in [1.807, 2.05) is 32.0 Å². The average molecular weight is 410 g/mol. The van der Waals surface area contributed by atoms with Crippen molar-refractivity contribution in [3.05, 3.63) is 52.6 Å². The van der Waals surface area contributed by atoms with Crippen molar-refractivity contribution in [2.75, 3.05) is 18.8 Å². The normalized spacial score (nSPS) is 17.0. The first-order valence-electron chi connectivity index (χ1n) is 8.85. The fourth-order valence-corrected chi connectivity index (χ4v) is 3.49. The Morgan fingerprint density at radius 1 is 1.14 bits per heavy atom. The molecule has 2 amide bonds. The van der Waals surface area contributed by atoms with Gasteiger partial charge in [0, 0.05) is 11.6 Å². The van der Waals surface area contributed by atoms with Gasteiger partial charge in [-0.15, -0.1) is 0 Å². The second-order valence-electron chi connectivity index (χ2n) is 6.70. The molecule has 2 aromatic carbocycles. The van der Waals surface area contributed by atoms with E-state index in [4.69, 9.17) is 26.4 Å². The molecule has 0 bridgehead atoms. The van der Waals surface area contributed by atoms with E-state index in [9.17, 15) is 9.59 Å². The SMILES string of the molecule is COc1cc2c(cc1/C=C1\C(=O)NC(=S)N(c3cc(C)ccc3C)C1=O)OCO2. The molecule has 2 aliphatic heterocycles. The highest BCUT2D eigenvalue weighted by Gasteiger charge is 2.35. The van der Waals surface area contributed by atoms with E-state index in [-0.39, 0.29) is 17.5 Å². The number of nitrogens with zero attached hydrogens (tertiary/aromatic N) is 1. The van der Waals surface area contributed by atoms with Gasteiger partial charge >= 0.3 is 0 Å². The first-order chi connectivity index (χ1) is 13.9. The number of aryl methyl sites for hydroxylation is 2. The lowest BCUT2D eigenvalue weighted by molar-refractivity contribution is -0.122. The third-order valence-electron chi connectivity index (χ3n) is 4.73. The number of nitrogens with one attached hydrogen (secondary N) is 1. The molecule has 4 rings (SSSR count). The van der Waals surface area contributed by atoms with Crippen molar-refractivity contribution in [3.63, 3.8) is 0 Å². The highest BCUT2D eigenvalue weighted by atomic mass is 32.1. The van der Waals surface area contributed by atoms with Crippen LogP contribution in [0.2, 0.25) is 0 Å². The van der Waals surface area contributed by atoms with Crippen LogP contribution < -0.4 is 24.4 Å². The number of fused-ring (bicyclic) bond motifs is 1. The lowest BCUT2D eigenvalue weighted by Gasteiger charge is -2.30. The fraction of sp³-hybridized carbons (Fsp3) is 0.190. The molecular formula is C21H18N2O5S. The molecule has 0 aliphatic carbocycles. The Balaban J connectivity index is 1.80. The molecule has 0 spiro atoms. The Bertz CT molecular complexity index is 1090. The van der Waals surface area contributed by atoms with Crippen molar-refractivity contribution >= 4 is 40.9 Å². The number of hydrogen-bond donors (Lipinski definition) is 1. The van der Waals surface area contributed by atoms with E-state index in [1.165, 1.54) is 18.1 Å². The standard InChI is InChI=1S/C21H18N2O5S/c1-11-4-5-12(2)15(6-11)23-20(25)14(19(24)22-21(23)29)7-13-8-17-18(28-10-27-17)9-16(13)26-3/h4-9H,10H2,1-3H3,(H,22,24,29)/b14-7+. The third-order valence-corrected chi connectivity index (χ3v) is 5.02. The van der Waals surface area contributed by atoms with Gasteiger partial charge in [-0.3, -0.25) is 19.8 Å². The van der Waals surface area contributed by atoms with Crippen LogP contribution in [0.3, 0.4) is 0 Å². The summed E-state index contributed by atoms with van der Waals surface area (Å²) in [5.41, 5.74) is 2.92. The highest BCUT2D eigenvalue weighted by Crippen LogP contribution is 2.39. The predicted octanol–water partition coefficient (Wildman–Crippen LogP) is 2.87. The van der Waals surface area contributed by atoms with Crippen LogP contribution in [-0.4, -0.2) is 30.8 Å². The van der Waals surface area contributed by atoms with Crippen molar-refractivity contribution in [3.8, 4) is 17.2 Å². The molecule has 29 heavy (non-hydrogen) atoms. The summed E-state index contributed by atoms with van der Waals surface area (Å²) in [5.74, 6) is 0.437. The first-order valence-corrected chi connectivity index (χ1v) is 9.26. The number of anilines is 1. The topological polar surface area (TPSA) is 77.1 Å². The van der Waals surface area contributed by atoms with Gasteiger partial charge in [0.15, 0.2) is 16.6 Å². The van der Waals surface area contributed by atoms with Gasteiger partial charge in [0.05, 0.1) is 12.8 Å². The minimum Gasteiger partial charge on any atom is -0.496 e. The molecule has 7 nitrogen and oxygen atoms in total. The van der Waals surface area contributed by atoms with E-state index in [1.54, 1.807) is 12.1 Å². The highest BCUT2D eigenvalue weighted by molar-refractivity contribution is 7.80. The lowest BCUT2D eigenvalue weighted by Crippen LogP contribution is -2.54. The molecular weight excluding hydrogens is 392 g/mol. The van der Waals surface area contributed by atoms with Crippen LogP contribution in [0.5, 0.6) is 17.2 Å². The summed E-state index contributed by atoms with van der Waals surface area (Å²) >= 11 is 5.28. The lowest BCUT2D eigenvalue weighted by atomic mass is 10.0. The number of amides is 2. The maximum Gasteiger partial charge on any atom is 0.270 e. The Morgan fingerprint density at radius 2 is 1.86 bits per heavy atom. The fourth-order valence-electron chi connectivity index (χ4n) is 3.22. The van der Waals surface area contributed by atoms with Crippen LogP contribution in [0.25, 0.3) is 6.08 Å². The minimum atomic E-state index is -0.568. The van der Waals surface area contributed by atoms with E-state index < -0.39 is 11.8 Å². The van der Waals surface area contributed by atoms with Gasteiger partial charge in [0.2, 0.25) is 6.79 Å². The number of carbonyl (C=O) groups excluding carboxylic acids is 2. The van der Waals surface area contributed by atoms with Crippen LogP contribution in [-0.2, 0) is 9.59 Å². The monoisotopic (exact) mass is 410 g/mol. The summed E-state index contributed by atoms with van der Waals surface area (Å²) in [6, 6.07) is 9.04. The van der Waals surface area contributed by atoms with Crippen LogP contribution >= 0.6 is 12.2 Å². The van der Waals surface area contributed by atoms with Gasteiger partial charge in [0.25, 0.3) is 11.8 Å². The summed E-state index contributed by atoms with van der Waals surface area (Å²) in [5, 5.41) is 2.64. The minimum absolute atomic E-state index is 0.0449. The smallest absolute Gasteiger partial charge is 0.270 e. The molecule has 8 heteroatoms. The number of rotatable bonds is 3. The molecule has 0 saturated carbocycles. The number of benzene rings is 2. The Kier molecular flexibility index (Phi) is 4.71. The molecule has 2 heterocycles. The van der Waals surface area contributed by atoms with E-state index in [2.05, 4.69) is 5.32 Å². The largest absolute Gasteiger partial charge is 0.496 e. The number of carbonyl (C=O) groups is 2. The molecule has 0 atom stereocenters. The molecule has 2 aliphatic rings. The van der Waals surface area contributed by atoms with Gasteiger partial charge in [0.1, 0.15) is 11.3 Å². The van der Waals surface area contributed by atoms with Gasteiger partial charge in [-0.25, -0.2) is 0 Å². The van der Waals surface area contributed by atoms with Crippen molar-refractivity contribution in [2.24, 2.45) is 0 Å². The summed E-state index contributed by atoms with van der Waals surface area (Å²) in [4.78, 5) is 27.2. The average Bonchev–Trinajstić information content (AvgIpc) is 3.14. The number of methoxy groups -OCH3 is 1. The van der Waals surface area contributed by atoms with Crippen molar-refractivity contribution < 1.29 is 23.8 Å². The molecule has 0 aromatic heterocycles. The molecule has 1 N–H and O–H groups in total. The molecule has 148 valence electrons. The molecule has 0 radical (unpaired) electrons. The van der Waals surface area contributed by atoms with Crippen molar-refractivity contribution in [2.45, 2.75) is 13.8 Å². The molecule has 1 fully saturated rings. The van der Waals surface area contributed by atoms with Crippen LogP contribution in [0.1, 0.15) is 16.7 Å². The van der Waals surface area contributed by atoms with Crippen LogP contribution in [0, 0.1) is 13.8 Å². The van der Waals surface area contributed by atoms with Crippen LogP contribution in [0.4, 0.5) is 5.69 Å². The van der Waals surface area contributed by atoms with Crippen LogP contribution in [0.15, 0.2) is 35.9 Å². The summed E-state index contributed by atoms with van der Waals surface area (Å²) in [6.45, 7) is 3.91. The number of ether oxygens (including phenoxy) is 3. The first kappa shape index (κ1) is 18.9. The zero-order valence-corrected chi connectivity index (χ0v) is 16.9. The van der Waals surface area contributed by atoms with E-state index >= 15 is 0 Å². The number of hydrogen-bond acceptors (Lipinski definition) is 6. The zero-order valence-electron chi connectivity index (χ0n) is 16.1. The Labute approximate surface area is 172 Å². The second kappa shape index (κ2) is 7.21. The van der Waals surface area contributed by atoms with Gasteiger partial charge in [-0.05, 0) is 55.4 Å². The zero-order chi connectivity index (χ0) is 20.7. The maximum absolute atomic E-state index is 13.3. The van der Waals surface area contributed by atoms with Crippen molar-refractivity contribution in [1.29, 1.82) is 0 Å². The van der Waals surface area contributed by atoms with Crippen molar-refractivity contribution in [1.82, 2.24) is 5.32 Å². The summed E-state index contributed by atoms with van der Waals surface area (Å²) < 4.78 is 16.1. The number of thiocarbonyl (C=S) groups is 1. The molecule has 1 saturated heterocycles.